The SMILES string of the molecule is CC[C@H]1C=CCN1C(=O)c1ccccc1C(=O)O. The molecule has 0 unspecified atom stereocenters. The van der Waals surface area contributed by atoms with Crippen LogP contribution in [0.5, 0.6) is 0 Å². The summed E-state index contributed by atoms with van der Waals surface area (Å²) in [5.74, 6) is -1.29. The highest BCUT2D eigenvalue weighted by atomic mass is 16.4. The molecule has 1 amide bonds. The number of benzene rings is 1. The Bertz CT molecular complexity index is 508. The van der Waals surface area contributed by atoms with E-state index in [0.29, 0.717) is 6.54 Å². The quantitative estimate of drug-likeness (QED) is 0.830. The van der Waals surface area contributed by atoms with Crippen LogP contribution in [-0.4, -0.2) is 34.5 Å². The molecule has 0 saturated carbocycles. The zero-order valence-corrected chi connectivity index (χ0v) is 10.2. The van der Waals surface area contributed by atoms with Crippen LogP contribution in [-0.2, 0) is 0 Å². The fraction of sp³-hybridized carbons (Fsp3) is 0.286. The molecule has 0 saturated heterocycles. The Hall–Kier alpha value is -2.10. The van der Waals surface area contributed by atoms with Crippen LogP contribution in [0.15, 0.2) is 36.4 Å². The van der Waals surface area contributed by atoms with E-state index < -0.39 is 5.97 Å². The Balaban J connectivity index is 2.32. The Labute approximate surface area is 106 Å². The van der Waals surface area contributed by atoms with E-state index in [9.17, 15) is 9.59 Å². The van der Waals surface area contributed by atoms with Crippen LogP contribution in [0.4, 0.5) is 0 Å². The Morgan fingerprint density at radius 2 is 2.00 bits per heavy atom. The monoisotopic (exact) mass is 245 g/mol. The van der Waals surface area contributed by atoms with Gasteiger partial charge in [0.1, 0.15) is 0 Å². The molecule has 1 aromatic carbocycles. The first kappa shape index (κ1) is 12.4. The van der Waals surface area contributed by atoms with Crippen molar-refractivity contribution in [3.63, 3.8) is 0 Å². The van der Waals surface area contributed by atoms with E-state index in [1.54, 1.807) is 23.1 Å². The maximum Gasteiger partial charge on any atom is 0.336 e. The summed E-state index contributed by atoms with van der Waals surface area (Å²) in [4.78, 5) is 25.2. The van der Waals surface area contributed by atoms with Gasteiger partial charge in [-0.15, -0.1) is 0 Å². The summed E-state index contributed by atoms with van der Waals surface area (Å²) in [5, 5.41) is 9.09. The molecule has 0 aromatic heterocycles. The van der Waals surface area contributed by atoms with E-state index in [0.717, 1.165) is 6.42 Å². The minimum Gasteiger partial charge on any atom is -0.478 e. The van der Waals surface area contributed by atoms with E-state index in [1.807, 2.05) is 19.1 Å². The molecule has 4 heteroatoms. The number of carbonyl (C=O) groups is 2. The summed E-state index contributed by atoms with van der Waals surface area (Å²) in [6.45, 7) is 2.55. The summed E-state index contributed by atoms with van der Waals surface area (Å²) in [6, 6.07) is 6.40. The number of aromatic carboxylic acids is 1. The number of carbonyl (C=O) groups excluding carboxylic acids is 1. The third-order valence-corrected chi connectivity index (χ3v) is 3.13. The molecule has 1 aromatic rings. The molecule has 1 N–H and O–H groups in total. The molecular formula is C14H15NO3. The van der Waals surface area contributed by atoms with Gasteiger partial charge in [0, 0.05) is 6.54 Å². The van der Waals surface area contributed by atoms with Crippen LogP contribution in [0.3, 0.4) is 0 Å². The largest absolute Gasteiger partial charge is 0.478 e. The van der Waals surface area contributed by atoms with Crippen molar-refractivity contribution in [2.45, 2.75) is 19.4 Å². The zero-order valence-electron chi connectivity index (χ0n) is 10.2. The highest BCUT2D eigenvalue weighted by Gasteiger charge is 2.26. The molecule has 2 rings (SSSR count). The second-order valence-electron chi connectivity index (χ2n) is 4.21. The molecule has 18 heavy (non-hydrogen) atoms. The molecule has 94 valence electrons. The summed E-state index contributed by atoms with van der Waals surface area (Å²) >= 11 is 0. The van der Waals surface area contributed by atoms with Crippen LogP contribution in [0, 0.1) is 0 Å². The molecule has 0 radical (unpaired) electrons. The average Bonchev–Trinajstić information content (AvgIpc) is 2.86. The predicted molar refractivity (Wildman–Crippen MR) is 67.7 cm³/mol. The first-order valence-electron chi connectivity index (χ1n) is 5.95. The van der Waals surface area contributed by atoms with Crippen LogP contribution in [0.2, 0.25) is 0 Å². The molecule has 4 nitrogen and oxygen atoms in total. The average molecular weight is 245 g/mol. The van der Waals surface area contributed by atoms with Gasteiger partial charge in [-0.3, -0.25) is 4.79 Å². The Kier molecular flexibility index (Phi) is 3.46. The van der Waals surface area contributed by atoms with Gasteiger partial charge in [-0.2, -0.15) is 0 Å². The van der Waals surface area contributed by atoms with Gasteiger partial charge in [0.15, 0.2) is 0 Å². The summed E-state index contributed by atoms with van der Waals surface area (Å²) in [5.41, 5.74) is 0.316. The number of hydrogen-bond donors (Lipinski definition) is 1. The van der Waals surface area contributed by atoms with Crippen molar-refractivity contribution < 1.29 is 14.7 Å². The topological polar surface area (TPSA) is 57.6 Å². The van der Waals surface area contributed by atoms with Crippen molar-refractivity contribution in [2.75, 3.05) is 6.54 Å². The fourth-order valence-electron chi connectivity index (χ4n) is 2.17. The first-order chi connectivity index (χ1) is 8.65. The number of rotatable bonds is 3. The summed E-state index contributed by atoms with van der Waals surface area (Å²) in [6.07, 6.45) is 4.76. The van der Waals surface area contributed by atoms with Crippen LogP contribution in [0.25, 0.3) is 0 Å². The van der Waals surface area contributed by atoms with Crippen LogP contribution in [0.1, 0.15) is 34.1 Å². The Morgan fingerprint density at radius 1 is 1.33 bits per heavy atom. The van der Waals surface area contributed by atoms with E-state index in [1.165, 1.54) is 6.07 Å². The van der Waals surface area contributed by atoms with Gasteiger partial charge < -0.3 is 10.0 Å². The van der Waals surface area contributed by atoms with E-state index in [2.05, 4.69) is 0 Å². The smallest absolute Gasteiger partial charge is 0.336 e. The maximum absolute atomic E-state index is 12.4. The van der Waals surface area contributed by atoms with Gasteiger partial charge in [0.05, 0.1) is 17.2 Å². The predicted octanol–water partition coefficient (Wildman–Crippen LogP) is 2.18. The van der Waals surface area contributed by atoms with Crippen LogP contribution < -0.4 is 0 Å². The lowest BCUT2D eigenvalue weighted by Crippen LogP contribution is -2.36. The number of carboxylic acid groups (broad SMARTS) is 1. The number of amides is 1. The maximum atomic E-state index is 12.4. The lowest BCUT2D eigenvalue weighted by atomic mass is 10.1. The van der Waals surface area contributed by atoms with E-state index in [4.69, 9.17) is 5.11 Å². The number of hydrogen-bond acceptors (Lipinski definition) is 2. The first-order valence-corrected chi connectivity index (χ1v) is 5.95. The third kappa shape index (κ3) is 2.14. The van der Waals surface area contributed by atoms with Gasteiger partial charge in [-0.25, -0.2) is 4.79 Å². The Morgan fingerprint density at radius 3 is 2.61 bits per heavy atom. The van der Waals surface area contributed by atoms with Crippen molar-refractivity contribution >= 4 is 11.9 Å². The second kappa shape index (κ2) is 5.04. The third-order valence-electron chi connectivity index (χ3n) is 3.13. The summed E-state index contributed by atoms with van der Waals surface area (Å²) < 4.78 is 0. The van der Waals surface area contributed by atoms with Gasteiger partial charge in [0.2, 0.25) is 0 Å². The van der Waals surface area contributed by atoms with E-state index >= 15 is 0 Å². The molecule has 1 atom stereocenters. The van der Waals surface area contributed by atoms with Gasteiger partial charge >= 0.3 is 5.97 Å². The van der Waals surface area contributed by atoms with Crippen molar-refractivity contribution in [1.29, 1.82) is 0 Å². The van der Waals surface area contributed by atoms with Crippen LogP contribution >= 0.6 is 0 Å². The number of carboxylic acids is 1. The minimum atomic E-state index is -1.07. The second-order valence-corrected chi connectivity index (χ2v) is 4.21. The molecule has 1 aliphatic heterocycles. The highest BCUT2D eigenvalue weighted by Crippen LogP contribution is 2.19. The standard InChI is InChI=1S/C14H15NO3/c1-2-10-6-5-9-15(10)13(16)11-7-3-4-8-12(11)14(17)18/h3-8,10H,2,9H2,1H3,(H,17,18)/t10-/m0/s1. The van der Waals surface area contributed by atoms with Gasteiger partial charge in [0.25, 0.3) is 5.91 Å². The summed E-state index contributed by atoms with van der Waals surface area (Å²) in [7, 11) is 0. The number of nitrogens with zero attached hydrogens (tertiary/aromatic N) is 1. The highest BCUT2D eigenvalue weighted by molar-refractivity contribution is 6.05. The molecule has 1 heterocycles. The normalized spacial score (nSPS) is 18.1. The van der Waals surface area contributed by atoms with Crippen molar-refractivity contribution in [2.24, 2.45) is 0 Å². The van der Waals surface area contributed by atoms with Crippen molar-refractivity contribution in [1.82, 2.24) is 4.90 Å². The lowest BCUT2D eigenvalue weighted by molar-refractivity contribution is 0.0673. The molecule has 0 spiro atoms. The molecule has 0 aliphatic carbocycles. The lowest BCUT2D eigenvalue weighted by Gasteiger charge is -2.24. The molecule has 0 bridgehead atoms. The van der Waals surface area contributed by atoms with Gasteiger partial charge in [-0.1, -0.05) is 31.2 Å². The minimum absolute atomic E-state index is 0.0595. The molecular weight excluding hydrogens is 230 g/mol. The van der Waals surface area contributed by atoms with Crippen molar-refractivity contribution in [3.8, 4) is 0 Å². The van der Waals surface area contributed by atoms with Gasteiger partial charge in [-0.05, 0) is 18.6 Å². The molecule has 1 aliphatic rings. The van der Waals surface area contributed by atoms with Crippen molar-refractivity contribution in [3.05, 3.63) is 47.5 Å². The van der Waals surface area contributed by atoms with E-state index in [-0.39, 0.29) is 23.1 Å². The fourth-order valence-corrected chi connectivity index (χ4v) is 2.17. The molecule has 0 fully saturated rings. The zero-order chi connectivity index (χ0) is 13.1.